The van der Waals surface area contributed by atoms with Gasteiger partial charge in [0.15, 0.2) is 6.61 Å². The topological polar surface area (TPSA) is 41.6 Å². The van der Waals surface area contributed by atoms with Crippen LogP contribution in [0, 0.1) is 0 Å². The molecule has 23 heavy (non-hydrogen) atoms. The number of amides is 1. The molecule has 0 radical (unpaired) electrons. The Morgan fingerprint density at radius 3 is 2.91 bits per heavy atom. The molecule has 1 N–H and O–H groups in total. The average Bonchev–Trinajstić information content (AvgIpc) is 3.05. The normalized spacial score (nSPS) is 18.2. The zero-order valence-corrected chi connectivity index (χ0v) is 13.6. The quantitative estimate of drug-likeness (QED) is 0.892. The Hall–Kier alpha value is -2.07. The predicted molar refractivity (Wildman–Crippen MR) is 92.7 cm³/mol. The minimum Gasteiger partial charge on any atom is -0.484 e. The molecule has 4 nitrogen and oxygen atoms in total. The number of hydrogen-bond acceptors (Lipinski definition) is 3. The van der Waals surface area contributed by atoms with Crippen molar-refractivity contribution in [1.82, 2.24) is 10.2 Å². The molecule has 0 aromatic heterocycles. The van der Waals surface area contributed by atoms with Crippen LogP contribution in [0.3, 0.4) is 0 Å². The van der Waals surface area contributed by atoms with Crippen molar-refractivity contribution in [3.8, 4) is 5.75 Å². The monoisotopic (exact) mass is 312 g/mol. The number of nitrogens with one attached hydrogen (secondary N) is 1. The van der Waals surface area contributed by atoms with Gasteiger partial charge in [0.1, 0.15) is 5.75 Å². The molecular weight excluding hydrogens is 288 g/mol. The van der Waals surface area contributed by atoms with E-state index in [0.29, 0.717) is 12.6 Å². The average molecular weight is 312 g/mol. The first kappa shape index (κ1) is 15.8. The molecule has 3 rings (SSSR count). The number of fused-ring (bicyclic) bond motifs is 1. The van der Waals surface area contributed by atoms with Crippen LogP contribution in [0.2, 0.25) is 0 Å². The van der Waals surface area contributed by atoms with E-state index in [4.69, 9.17) is 4.74 Å². The highest BCUT2D eigenvalue weighted by Gasteiger charge is 2.23. The van der Waals surface area contributed by atoms with Gasteiger partial charge in [-0.1, -0.05) is 37.3 Å². The fourth-order valence-corrected chi connectivity index (χ4v) is 3.23. The molecule has 1 atom stereocenters. The van der Waals surface area contributed by atoms with Crippen molar-refractivity contribution in [1.29, 1.82) is 0 Å². The fourth-order valence-electron chi connectivity index (χ4n) is 3.23. The first-order valence-corrected chi connectivity index (χ1v) is 8.38. The van der Waals surface area contributed by atoms with Gasteiger partial charge in [-0.15, -0.1) is 0 Å². The lowest BCUT2D eigenvalue weighted by atomic mass is 10.1. The summed E-state index contributed by atoms with van der Waals surface area (Å²) in [4.78, 5) is 14.4. The van der Waals surface area contributed by atoms with Crippen LogP contribution >= 0.6 is 0 Å². The highest BCUT2D eigenvalue weighted by molar-refractivity contribution is 5.84. The van der Waals surface area contributed by atoms with Crippen molar-refractivity contribution in [2.75, 3.05) is 26.2 Å². The maximum atomic E-state index is 12.0. The van der Waals surface area contributed by atoms with Crippen molar-refractivity contribution < 1.29 is 9.53 Å². The Balaban J connectivity index is 1.48. The van der Waals surface area contributed by atoms with Crippen LogP contribution in [0.1, 0.15) is 19.8 Å². The van der Waals surface area contributed by atoms with Crippen molar-refractivity contribution in [2.45, 2.75) is 25.8 Å². The third-order valence-electron chi connectivity index (χ3n) is 4.53. The Labute approximate surface area is 137 Å². The summed E-state index contributed by atoms with van der Waals surface area (Å²) < 4.78 is 5.62. The minimum absolute atomic E-state index is 0.0545. The van der Waals surface area contributed by atoms with E-state index < -0.39 is 0 Å². The molecule has 1 aliphatic heterocycles. The van der Waals surface area contributed by atoms with Gasteiger partial charge in [-0.2, -0.15) is 0 Å². The summed E-state index contributed by atoms with van der Waals surface area (Å²) in [5.74, 6) is 0.677. The first-order chi connectivity index (χ1) is 11.3. The number of nitrogens with zero attached hydrogens (tertiary/aromatic N) is 1. The molecule has 1 saturated heterocycles. The molecule has 2 aromatic rings. The molecule has 1 amide bonds. The van der Waals surface area contributed by atoms with E-state index >= 15 is 0 Å². The number of likely N-dealkylation sites (tertiary alicyclic amines) is 1. The maximum Gasteiger partial charge on any atom is 0.257 e. The second-order valence-electron chi connectivity index (χ2n) is 6.03. The first-order valence-electron chi connectivity index (χ1n) is 8.38. The summed E-state index contributed by atoms with van der Waals surface area (Å²) >= 11 is 0. The Kier molecular flexibility index (Phi) is 5.13. The van der Waals surface area contributed by atoms with Crippen LogP contribution in [-0.2, 0) is 4.79 Å². The van der Waals surface area contributed by atoms with E-state index in [2.05, 4.69) is 23.2 Å². The molecule has 0 bridgehead atoms. The summed E-state index contributed by atoms with van der Waals surface area (Å²) in [5.41, 5.74) is 0. The van der Waals surface area contributed by atoms with Gasteiger partial charge in [0.2, 0.25) is 0 Å². The van der Waals surface area contributed by atoms with E-state index in [1.54, 1.807) is 0 Å². The van der Waals surface area contributed by atoms with E-state index in [-0.39, 0.29) is 12.5 Å². The third kappa shape index (κ3) is 4.02. The highest BCUT2D eigenvalue weighted by atomic mass is 16.5. The van der Waals surface area contributed by atoms with Crippen molar-refractivity contribution in [3.63, 3.8) is 0 Å². The summed E-state index contributed by atoms with van der Waals surface area (Å²) in [5, 5.41) is 5.28. The van der Waals surface area contributed by atoms with Gasteiger partial charge < -0.3 is 10.1 Å². The molecule has 0 aliphatic carbocycles. The lowest BCUT2D eigenvalue weighted by Crippen LogP contribution is -2.41. The summed E-state index contributed by atoms with van der Waals surface area (Å²) in [6.07, 6.45) is 2.39. The molecule has 2 aromatic carbocycles. The highest BCUT2D eigenvalue weighted by Crippen LogP contribution is 2.20. The smallest absolute Gasteiger partial charge is 0.257 e. The second-order valence-corrected chi connectivity index (χ2v) is 6.03. The second kappa shape index (κ2) is 7.47. The number of hydrogen-bond donors (Lipinski definition) is 1. The number of carbonyl (C=O) groups is 1. The van der Waals surface area contributed by atoms with Gasteiger partial charge in [0.05, 0.1) is 0 Å². The minimum atomic E-state index is -0.0545. The molecule has 0 spiro atoms. The van der Waals surface area contributed by atoms with Crippen LogP contribution in [0.15, 0.2) is 42.5 Å². The van der Waals surface area contributed by atoms with E-state index in [9.17, 15) is 4.79 Å². The van der Waals surface area contributed by atoms with Crippen LogP contribution in [0.5, 0.6) is 5.75 Å². The van der Waals surface area contributed by atoms with Gasteiger partial charge in [-0.25, -0.2) is 0 Å². The molecule has 4 heteroatoms. The van der Waals surface area contributed by atoms with Crippen LogP contribution in [0.4, 0.5) is 0 Å². The van der Waals surface area contributed by atoms with Crippen molar-refractivity contribution >= 4 is 16.7 Å². The van der Waals surface area contributed by atoms with E-state index in [1.807, 2.05) is 36.4 Å². The Morgan fingerprint density at radius 2 is 2.09 bits per heavy atom. The van der Waals surface area contributed by atoms with Crippen LogP contribution in [-0.4, -0.2) is 43.1 Å². The van der Waals surface area contributed by atoms with Gasteiger partial charge in [-0.05, 0) is 48.8 Å². The molecule has 1 aliphatic rings. The number of benzene rings is 2. The lowest BCUT2D eigenvalue weighted by Gasteiger charge is -2.22. The third-order valence-corrected chi connectivity index (χ3v) is 4.53. The van der Waals surface area contributed by atoms with Gasteiger partial charge >= 0.3 is 0 Å². The molecule has 1 heterocycles. The summed E-state index contributed by atoms with van der Waals surface area (Å²) in [6.45, 7) is 5.15. The van der Waals surface area contributed by atoms with Crippen molar-refractivity contribution in [2.24, 2.45) is 0 Å². The SMILES string of the molecule is CCN1CCC[C@H]1CNC(=O)COc1ccc2ccccc2c1. The molecule has 0 saturated carbocycles. The largest absolute Gasteiger partial charge is 0.484 e. The van der Waals surface area contributed by atoms with Crippen molar-refractivity contribution in [3.05, 3.63) is 42.5 Å². The van der Waals surface area contributed by atoms with Gasteiger partial charge in [0, 0.05) is 12.6 Å². The summed E-state index contributed by atoms with van der Waals surface area (Å²) in [7, 11) is 0. The fraction of sp³-hybridized carbons (Fsp3) is 0.421. The molecule has 122 valence electrons. The van der Waals surface area contributed by atoms with E-state index in [0.717, 1.165) is 24.2 Å². The molecule has 1 fully saturated rings. The van der Waals surface area contributed by atoms with E-state index in [1.165, 1.54) is 18.2 Å². The molecular formula is C19H24N2O2. The summed E-state index contributed by atoms with van der Waals surface area (Å²) in [6, 6.07) is 14.5. The number of rotatable bonds is 6. The predicted octanol–water partition coefficient (Wildman–Crippen LogP) is 2.82. The zero-order valence-electron chi connectivity index (χ0n) is 13.6. The van der Waals surface area contributed by atoms with Crippen LogP contribution < -0.4 is 10.1 Å². The van der Waals surface area contributed by atoms with Gasteiger partial charge in [-0.3, -0.25) is 9.69 Å². The Bertz CT molecular complexity index is 671. The zero-order chi connectivity index (χ0) is 16.1. The number of ether oxygens (including phenoxy) is 1. The Morgan fingerprint density at radius 1 is 1.26 bits per heavy atom. The lowest BCUT2D eigenvalue weighted by molar-refractivity contribution is -0.123. The standard InChI is InChI=1S/C19H24N2O2/c1-2-21-11-5-8-17(21)13-20-19(22)14-23-18-10-9-15-6-3-4-7-16(15)12-18/h3-4,6-7,9-10,12,17H,2,5,8,11,13-14H2,1H3,(H,20,22)/t17-/m0/s1. The molecule has 0 unspecified atom stereocenters. The maximum absolute atomic E-state index is 12.0. The van der Waals surface area contributed by atoms with Crippen LogP contribution in [0.25, 0.3) is 10.8 Å². The number of carbonyl (C=O) groups excluding carboxylic acids is 1. The number of likely N-dealkylation sites (N-methyl/N-ethyl adjacent to an activating group) is 1. The van der Waals surface area contributed by atoms with Gasteiger partial charge in [0.25, 0.3) is 5.91 Å².